The SMILES string of the molecule is Cc1cc(C)cc(C(C#N)=C(NC(=O)c2cccc3ccccc23)C(C)(C)C)c1. The molecule has 146 valence electrons. The highest BCUT2D eigenvalue weighted by molar-refractivity contribution is 6.08. The summed E-state index contributed by atoms with van der Waals surface area (Å²) in [6.45, 7) is 10.0. The summed E-state index contributed by atoms with van der Waals surface area (Å²) in [6, 6.07) is 21.9. The van der Waals surface area contributed by atoms with Crippen LogP contribution in [-0.4, -0.2) is 5.91 Å². The average molecular weight is 383 g/mol. The van der Waals surface area contributed by atoms with Crippen LogP contribution in [0.15, 0.2) is 66.4 Å². The molecular formula is C26H26N2O. The normalized spacial score (nSPS) is 12.3. The number of nitriles is 1. The fourth-order valence-corrected chi connectivity index (χ4v) is 3.61. The van der Waals surface area contributed by atoms with E-state index in [0.29, 0.717) is 16.8 Å². The molecule has 0 fully saturated rings. The van der Waals surface area contributed by atoms with Crippen molar-refractivity contribution in [2.24, 2.45) is 5.41 Å². The lowest BCUT2D eigenvalue weighted by Gasteiger charge is -2.26. The fourth-order valence-electron chi connectivity index (χ4n) is 3.61. The predicted octanol–water partition coefficient (Wildman–Crippen LogP) is 6.17. The van der Waals surface area contributed by atoms with Gasteiger partial charge in [0.2, 0.25) is 0 Å². The molecule has 1 N–H and O–H groups in total. The third kappa shape index (κ3) is 4.38. The van der Waals surface area contributed by atoms with Crippen LogP contribution in [0.5, 0.6) is 0 Å². The van der Waals surface area contributed by atoms with Crippen molar-refractivity contribution >= 4 is 22.3 Å². The smallest absolute Gasteiger partial charge is 0.256 e. The zero-order valence-corrected chi connectivity index (χ0v) is 17.6. The molecule has 0 bridgehead atoms. The van der Waals surface area contributed by atoms with Crippen LogP contribution in [-0.2, 0) is 0 Å². The fraction of sp³-hybridized carbons (Fsp3) is 0.231. The Bertz CT molecular complexity index is 1130. The molecule has 0 spiro atoms. The van der Waals surface area contributed by atoms with E-state index in [0.717, 1.165) is 27.5 Å². The molecule has 1 amide bonds. The van der Waals surface area contributed by atoms with Gasteiger partial charge in [0.05, 0.1) is 5.57 Å². The van der Waals surface area contributed by atoms with E-state index in [1.807, 2.05) is 89.2 Å². The van der Waals surface area contributed by atoms with Crippen LogP contribution < -0.4 is 5.32 Å². The maximum absolute atomic E-state index is 13.2. The van der Waals surface area contributed by atoms with Gasteiger partial charge >= 0.3 is 0 Å². The number of hydrogen-bond donors (Lipinski definition) is 1. The Hall–Kier alpha value is -3.38. The zero-order chi connectivity index (χ0) is 21.2. The summed E-state index contributed by atoms with van der Waals surface area (Å²) in [4.78, 5) is 13.2. The van der Waals surface area contributed by atoms with E-state index in [1.165, 1.54) is 0 Å². The summed E-state index contributed by atoms with van der Waals surface area (Å²) in [7, 11) is 0. The molecular weight excluding hydrogens is 356 g/mol. The summed E-state index contributed by atoms with van der Waals surface area (Å²) in [5, 5.41) is 15.0. The minimum atomic E-state index is -0.414. The molecule has 0 heterocycles. The zero-order valence-electron chi connectivity index (χ0n) is 17.6. The molecule has 0 aromatic heterocycles. The van der Waals surface area contributed by atoms with Gasteiger partial charge in [-0.15, -0.1) is 0 Å². The number of amides is 1. The van der Waals surface area contributed by atoms with Crippen LogP contribution in [0.2, 0.25) is 0 Å². The van der Waals surface area contributed by atoms with Gasteiger partial charge in [0.25, 0.3) is 5.91 Å². The minimum Gasteiger partial charge on any atom is -0.324 e. The summed E-state index contributed by atoms with van der Waals surface area (Å²) >= 11 is 0. The summed E-state index contributed by atoms with van der Waals surface area (Å²) in [6.07, 6.45) is 0. The van der Waals surface area contributed by atoms with E-state index >= 15 is 0 Å². The number of allylic oxidation sites excluding steroid dienone is 2. The predicted molar refractivity (Wildman–Crippen MR) is 119 cm³/mol. The molecule has 3 nitrogen and oxygen atoms in total. The van der Waals surface area contributed by atoms with Crippen LogP contribution in [0.1, 0.15) is 47.8 Å². The van der Waals surface area contributed by atoms with E-state index in [9.17, 15) is 10.1 Å². The molecule has 0 atom stereocenters. The number of carbonyl (C=O) groups is 1. The molecule has 3 heteroatoms. The van der Waals surface area contributed by atoms with Crippen molar-refractivity contribution in [3.63, 3.8) is 0 Å². The molecule has 0 unspecified atom stereocenters. The standard InChI is InChI=1S/C26H26N2O/c1-17-13-18(2)15-20(14-17)23(16-27)24(26(3,4)5)28-25(29)22-12-8-10-19-9-6-7-11-21(19)22/h6-15H,1-5H3,(H,28,29). The van der Waals surface area contributed by atoms with Crippen molar-refractivity contribution in [3.05, 3.63) is 88.6 Å². The van der Waals surface area contributed by atoms with Crippen molar-refractivity contribution in [1.82, 2.24) is 5.32 Å². The van der Waals surface area contributed by atoms with E-state index in [1.54, 1.807) is 0 Å². The maximum Gasteiger partial charge on any atom is 0.256 e. The van der Waals surface area contributed by atoms with E-state index in [2.05, 4.69) is 17.5 Å². The lowest BCUT2D eigenvalue weighted by atomic mass is 9.86. The minimum absolute atomic E-state index is 0.205. The summed E-state index contributed by atoms with van der Waals surface area (Å²) in [5.74, 6) is -0.205. The van der Waals surface area contributed by atoms with Gasteiger partial charge in [-0.3, -0.25) is 4.79 Å². The van der Waals surface area contributed by atoms with Gasteiger partial charge in [-0.1, -0.05) is 86.5 Å². The Morgan fingerprint density at radius 3 is 2.17 bits per heavy atom. The van der Waals surface area contributed by atoms with Crippen molar-refractivity contribution in [1.29, 1.82) is 5.26 Å². The number of benzene rings is 3. The molecule has 0 radical (unpaired) electrons. The molecule has 3 rings (SSSR count). The first-order valence-corrected chi connectivity index (χ1v) is 9.73. The van der Waals surface area contributed by atoms with E-state index in [4.69, 9.17) is 0 Å². The summed E-state index contributed by atoms with van der Waals surface area (Å²) < 4.78 is 0. The first-order valence-electron chi connectivity index (χ1n) is 9.73. The number of rotatable bonds is 3. The molecule has 3 aromatic carbocycles. The molecule has 0 aliphatic carbocycles. The Morgan fingerprint density at radius 2 is 1.55 bits per heavy atom. The highest BCUT2D eigenvalue weighted by atomic mass is 16.1. The molecule has 0 saturated carbocycles. The number of carbonyl (C=O) groups excluding carboxylic acids is 1. The van der Waals surface area contributed by atoms with Gasteiger partial charge in [-0.05, 0) is 36.2 Å². The number of nitrogens with one attached hydrogen (secondary N) is 1. The van der Waals surface area contributed by atoms with Gasteiger partial charge in [-0.25, -0.2) is 0 Å². The Kier molecular flexibility index (Phi) is 5.57. The second-order valence-corrected chi connectivity index (χ2v) is 8.47. The molecule has 0 aliphatic heterocycles. The van der Waals surface area contributed by atoms with Gasteiger partial charge in [0.1, 0.15) is 6.07 Å². The Balaban J connectivity index is 2.13. The molecule has 0 aliphatic rings. The third-order valence-corrected chi connectivity index (χ3v) is 4.89. The van der Waals surface area contributed by atoms with Gasteiger partial charge in [0.15, 0.2) is 0 Å². The highest BCUT2D eigenvalue weighted by Crippen LogP contribution is 2.32. The highest BCUT2D eigenvalue weighted by Gasteiger charge is 2.25. The average Bonchev–Trinajstić information content (AvgIpc) is 2.65. The largest absolute Gasteiger partial charge is 0.324 e. The molecule has 3 aromatic rings. The van der Waals surface area contributed by atoms with Crippen LogP contribution in [0.3, 0.4) is 0 Å². The second-order valence-electron chi connectivity index (χ2n) is 8.47. The topological polar surface area (TPSA) is 52.9 Å². The van der Waals surface area contributed by atoms with Crippen LogP contribution in [0.4, 0.5) is 0 Å². The molecule has 29 heavy (non-hydrogen) atoms. The van der Waals surface area contributed by atoms with Crippen LogP contribution >= 0.6 is 0 Å². The lowest BCUT2D eigenvalue weighted by molar-refractivity contribution is 0.0959. The van der Waals surface area contributed by atoms with Gasteiger partial charge in [-0.2, -0.15) is 5.26 Å². The van der Waals surface area contributed by atoms with Crippen LogP contribution in [0, 0.1) is 30.6 Å². The quantitative estimate of drug-likeness (QED) is 0.551. The van der Waals surface area contributed by atoms with Gasteiger partial charge in [0, 0.05) is 16.7 Å². The monoisotopic (exact) mass is 382 g/mol. The number of aryl methyl sites for hydroxylation is 2. The number of hydrogen-bond acceptors (Lipinski definition) is 2. The van der Waals surface area contributed by atoms with Crippen LogP contribution in [0.25, 0.3) is 16.3 Å². The van der Waals surface area contributed by atoms with E-state index < -0.39 is 5.41 Å². The molecule has 0 saturated heterocycles. The maximum atomic E-state index is 13.2. The summed E-state index contributed by atoms with van der Waals surface area (Å²) in [5.41, 5.74) is 4.31. The third-order valence-electron chi connectivity index (χ3n) is 4.89. The first kappa shape index (κ1) is 20.4. The van der Waals surface area contributed by atoms with Crippen molar-refractivity contribution in [2.45, 2.75) is 34.6 Å². The Morgan fingerprint density at radius 1 is 0.931 bits per heavy atom. The Labute approximate surface area is 172 Å². The first-order chi connectivity index (χ1) is 13.7. The van der Waals surface area contributed by atoms with Crippen molar-refractivity contribution < 1.29 is 4.79 Å². The number of nitrogens with zero attached hydrogens (tertiary/aromatic N) is 1. The van der Waals surface area contributed by atoms with Gasteiger partial charge < -0.3 is 5.32 Å². The second kappa shape index (κ2) is 7.93. The van der Waals surface area contributed by atoms with Crippen molar-refractivity contribution in [2.75, 3.05) is 0 Å². The van der Waals surface area contributed by atoms with E-state index in [-0.39, 0.29) is 5.91 Å². The number of fused-ring (bicyclic) bond motifs is 1. The van der Waals surface area contributed by atoms with Crippen molar-refractivity contribution in [3.8, 4) is 6.07 Å². The lowest BCUT2D eigenvalue weighted by Crippen LogP contribution is -2.31.